The molecule has 0 saturated carbocycles. The first-order valence-electron chi connectivity index (χ1n) is 9.44. The van der Waals surface area contributed by atoms with Crippen LogP contribution in [-0.2, 0) is 0 Å². The van der Waals surface area contributed by atoms with Gasteiger partial charge in [-0.2, -0.15) is 0 Å². The van der Waals surface area contributed by atoms with Gasteiger partial charge in [-0.25, -0.2) is 0 Å². The lowest BCUT2D eigenvalue weighted by Crippen LogP contribution is -2.27. The smallest absolute Gasteiger partial charge is 0.121 e. The average molecular weight is 425 g/mol. The Morgan fingerprint density at radius 2 is 0.733 bits per heavy atom. The summed E-state index contributed by atoms with van der Waals surface area (Å²) in [5.74, 6) is 0. The maximum Gasteiger partial charge on any atom is 0.121 e. The maximum absolute atomic E-state index is 5.72. The topological polar surface area (TPSA) is 104 Å². The Hall–Kier alpha value is -3.49. The van der Waals surface area contributed by atoms with Gasteiger partial charge in [-0.15, -0.1) is 0 Å². The molecule has 30 heavy (non-hydrogen) atoms. The standard InChI is InChI=1S/2C12H12N2Si/c13-9-1-5-11(6-2-9)15-12-7-3-10(14)4-8-12;13-9-3-1-5-11(7-9)15-12-6-2-4-10(14)8-12/h2*1-8H,13-14H2. The predicted octanol–water partition coefficient (Wildman–Crippen LogP) is 1.01. The highest BCUT2D eigenvalue weighted by atomic mass is 28.2. The highest BCUT2D eigenvalue weighted by Crippen LogP contribution is 1.99. The van der Waals surface area contributed by atoms with Crippen LogP contribution in [0.3, 0.4) is 0 Å². The highest BCUT2D eigenvalue weighted by Gasteiger charge is 1.99. The van der Waals surface area contributed by atoms with Crippen LogP contribution in [0.15, 0.2) is 97.1 Å². The van der Waals surface area contributed by atoms with Crippen LogP contribution in [0.4, 0.5) is 22.7 Å². The van der Waals surface area contributed by atoms with Crippen LogP contribution in [0, 0.1) is 0 Å². The lowest BCUT2D eigenvalue weighted by atomic mass is 10.3. The second kappa shape index (κ2) is 10.3. The van der Waals surface area contributed by atoms with E-state index in [1.165, 1.54) is 20.7 Å². The molecule has 0 bridgehead atoms. The van der Waals surface area contributed by atoms with Gasteiger partial charge in [-0.1, -0.05) is 69.3 Å². The Morgan fingerprint density at radius 1 is 0.367 bits per heavy atom. The molecule has 6 heteroatoms. The van der Waals surface area contributed by atoms with Crippen molar-refractivity contribution in [2.45, 2.75) is 0 Å². The molecule has 0 aromatic heterocycles. The van der Waals surface area contributed by atoms with Crippen LogP contribution in [0.5, 0.6) is 0 Å². The second-order valence-corrected chi connectivity index (χ2v) is 9.55. The third-order valence-corrected chi connectivity index (χ3v) is 6.62. The van der Waals surface area contributed by atoms with Gasteiger partial charge in [0.1, 0.15) is 19.0 Å². The molecule has 4 nitrogen and oxygen atoms in total. The van der Waals surface area contributed by atoms with E-state index < -0.39 is 0 Å². The Labute approximate surface area is 182 Å². The molecular formula is C24H24N4Si2. The van der Waals surface area contributed by atoms with Crippen molar-refractivity contribution in [3.05, 3.63) is 97.1 Å². The summed E-state index contributed by atoms with van der Waals surface area (Å²) in [5, 5.41) is 5.05. The minimum atomic E-state index is 0.610. The number of nitrogens with two attached hydrogens (primary N) is 4. The lowest BCUT2D eigenvalue weighted by molar-refractivity contribution is 1.71. The van der Waals surface area contributed by atoms with Crippen LogP contribution < -0.4 is 43.7 Å². The van der Waals surface area contributed by atoms with E-state index >= 15 is 0 Å². The van der Waals surface area contributed by atoms with E-state index in [0.717, 1.165) is 22.7 Å². The minimum Gasteiger partial charge on any atom is -0.399 e. The molecule has 0 aliphatic heterocycles. The second-order valence-electron chi connectivity index (χ2n) is 6.74. The summed E-state index contributed by atoms with van der Waals surface area (Å²) in [4.78, 5) is 0. The molecule has 0 spiro atoms. The zero-order chi connectivity index (χ0) is 21.3. The zero-order valence-electron chi connectivity index (χ0n) is 16.5. The highest BCUT2D eigenvalue weighted by molar-refractivity contribution is 6.67. The van der Waals surface area contributed by atoms with E-state index in [1.54, 1.807) is 0 Å². The first-order chi connectivity index (χ1) is 14.5. The summed E-state index contributed by atoms with van der Waals surface area (Å²) >= 11 is 0. The van der Waals surface area contributed by atoms with Crippen LogP contribution in [0.2, 0.25) is 0 Å². The molecule has 8 N–H and O–H groups in total. The van der Waals surface area contributed by atoms with Gasteiger partial charge in [0.15, 0.2) is 0 Å². The van der Waals surface area contributed by atoms with E-state index in [2.05, 4.69) is 36.4 Å². The lowest BCUT2D eigenvalue weighted by Gasteiger charge is -2.02. The number of benzene rings is 4. The Balaban J connectivity index is 0.000000171. The van der Waals surface area contributed by atoms with E-state index in [0.29, 0.717) is 19.0 Å². The van der Waals surface area contributed by atoms with Crippen molar-refractivity contribution >= 4 is 62.5 Å². The third kappa shape index (κ3) is 6.84. The number of hydrogen-bond donors (Lipinski definition) is 4. The molecular weight excluding hydrogens is 400 g/mol. The number of nitrogen functional groups attached to an aromatic ring is 4. The molecule has 0 saturated heterocycles. The zero-order valence-corrected chi connectivity index (χ0v) is 18.5. The quantitative estimate of drug-likeness (QED) is 0.290. The predicted molar refractivity (Wildman–Crippen MR) is 133 cm³/mol. The first-order valence-corrected chi connectivity index (χ1v) is 11.4. The fourth-order valence-corrected chi connectivity index (χ4v) is 4.87. The van der Waals surface area contributed by atoms with Gasteiger partial charge < -0.3 is 22.9 Å². The molecule has 0 fully saturated rings. The summed E-state index contributed by atoms with van der Waals surface area (Å²) in [7, 11) is 1.27. The van der Waals surface area contributed by atoms with Crippen molar-refractivity contribution in [3.8, 4) is 0 Å². The Bertz CT molecular complexity index is 994. The van der Waals surface area contributed by atoms with Crippen molar-refractivity contribution in [1.29, 1.82) is 0 Å². The molecule has 4 aromatic rings. The van der Waals surface area contributed by atoms with Crippen LogP contribution >= 0.6 is 0 Å². The fraction of sp³-hybridized carbons (Fsp3) is 0. The van der Waals surface area contributed by atoms with Gasteiger partial charge in [0.05, 0.1) is 0 Å². The molecule has 0 aliphatic carbocycles. The first kappa shape index (κ1) is 21.2. The number of rotatable bonds is 4. The third-order valence-electron chi connectivity index (χ3n) is 4.17. The fourth-order valence-electron chi connectivity index (χ4n) is 2.70. The van der Waals surface area contributed by atoms with Gasteiger partial charge in [-0.05, 0) is 48.5 Å². The molecule has 0 atom stereocenters. The minimum absolute atomic E-state index is 0.610. The van der Waals surface area contributed by atoms with Crippen LogP contribution in [-0.4, -0.2) is 19.0 Å². The SMILES string of the molecule is Nc1ccc([Si]c2ccc(N)cc2)cc1.Nc1cccc([Si]c2cccc(N)c2)c1. The molecule has 0 heterocycles. The largest absolute Gasteiger partial charge is 0.399 e. The summed E-state index contributed by atoms with van der Waals surface area (Å²) in [6.07, 6.45) is 0. The molecule has 0 unspecified atom stereocenters. The molecule has 4 radical (unpaired) electrons. The monoisotopic (exact) mass is 424 g/mol. The van der Waals surface area contributed by atoms with Gasteiger partial charge in [0.2, 0.25) is 0 Å². The van der Waals surface area contributed by atoms with Crippen LogP contribution in [0.1, 0.15) is 0 Å². The Morgan fingerprint density at radius 3 is 1.10 bits per heavy atom. The molecule has 4 aromatic carbocycles. The van der Waals surface area contributed by atoms with E-state index in [9.17, 15) is 0 Å². The van der Waals surface area contributed by atoms with Crippen molar-refractivity contribution in [2.24, 2.45) is 0 Å². The summed E-state index contributed by atoms with van der Waals surface area (Å²) in [6, 6.07) is 31.9. The average Bonchev–Trinajstić information content (AvgIpc) is 2.72. The van der Waals surface area contributed by atoms with Crippen molar-refractivity contribution in [2.75, 3.05) is 22.9 Å². The van der Waals surface area contributed by atoms with Crippen molar-refractivity contribution in [3.63, 3.8) is 0 Å². The summed E-state index contributed by atoms with van der Waals surface area (Å²) in [5.41, 5.74) is 25.9. The van der Waals surface area contributed by atoms with Crippen molar-refractivity contribution in [1.82, 2.24) is 0 Å². The summed E-state index contributed by atoms with van der Waals surface area (Å²) in [6.45, 7) is 0. The van der Waals surface area contributed by atoms with E-state index in [1.807, 2.05) is 60.7 Å². The van der Waals surface area contributed by atoms with Crippen LogP contribution in [0.25, 0.3) is 0 Å². The van der Waals surface area contributed by atoms with Crippen molar-refractivity contribution < 1.29 is 0 Å². The van der Waals surface area contributed by atoms with E-state index in [4.69, 9.17) is 22.9 Å². The van der Waals surface area contributed by atoms with Gasteiger partial charge in [0, 0.05) is 22.7 Å². The molecule has 4 rings (SSSR count). The van der Waals surface area contributed by atoms with E-state index in [-0.39, 0.29) is 0 Å². The summed E-state index contributed by atoms with van der Waals surface area (Å²) < 4.78 is 0. The molecule has 148 valence electrons. The van der Waals surface area contributed by atoms with Gasteiger partial charge in [0.25, 0.3) is 0 Å². The van der Waals surface area contributed by atoms with Gasteiger partial charge in [-0.3, -0.25) is 0 Å². The molecule has 0 aliphatic rings. The van der Waals surface area contributed by atoms with Gasteiger partial charge >= 0.3 is 0 Å². The maximum atomic E-state index is 5.72. The number of anilines is 4. The Kier molecular flexibility index (Phi) is 7.31. The normalized spacial score (nSPS) is 10.1. The number of hydrogen-bond acceptors (Lipinski definition) is 4. The molecule has 0 amide bonds.